The third kappa shape index (κ3) is 2.37. The molecule has 4 rings (SSSR count). The van der Waals surface area contributed by atoms with E-state index < -0.39 is 0 Å². The van der Waals surface area contributed by atoms with E-state index in [9.17, 15) is 4.79 Å². The van der Waals surface area contributed by atoms with Crippen molar-refractivity contribution in [2.45, 2.75) is 13.8 Å². The van der Waals surface area contributed by atoms with Crippen LogP contribution in [0.25, 0.3) is 10.2 Å². The Bertz CT molecular complexity index is 967. The van der Waals surface area contributed by atoms with Crippen LogP contribution in [0.3, 0.4) is 0 Å². The van der Waals surface area contributed by atoms with E-state index in [0.29, 0.717) is 5.75 Å². The highest BCUT2D eigenvalue weighted by molar-refractivity contribution is 7.17. The maximum absolute atomic E-state index is 11.8. The van der Waals surface area contributed by atoms with Gasteiger partial charge in [-0.3, -0.25) is 4.79 Å². The van der Waals surface area contributed by atoms with Crippen LogP contribution in [0, 0.1) is 13.8 Å². The summed E-state index contributed by atoms with van der Waals surface area (Å²) in [4.78, 5) is 23.4. The highest BCUT2D eigenvalue weighted by Gasteiger charge is 2.22. The Labute approximate surface area is 143 Å². The van der Waals surface area contributed by atoms with E-state index in [1.165, 1.54) is 0 Å². The van der Waals surface area contributed by atoms with Gasteiger partial charge >= 0.3 is 0 Å². The Hall–Kier alpha value is -2.67. The third-order valence-electron chi connectivity index (χ3n) is 4.04. The third-order valence-corrected chi connectivity index (χ3v) is 5.03. The fourth-order valence-corrected chi connectivity index (χ4v) is 3.73. The van der Waals surface area contributed by atoms with Crippen molar-refractivity contribution in [2.24, 2.45) is 0 Å². The number of benzene rings is 1. The summed E-state index contributed by atoms with van der Waals surface area (Å²) >= 11 is 1.61. The summed E-state index contributed by atoms with van der Waals surface area (Å²) in [6.45, 7) is 4.01. The van der Waals surface area contributed by atoms with Gasteiger partial charge < -0.3 is 15.0 Å². The van der Waals surface area contributed by atoms with Crippen molar-refractivity contribution in [1.82, 2.24) is 9.97 Å². The van der Waals surface area contributed by atoms with Gasteiger partial charge in [0, 0.05) is 12.7 Å². The highest BCUT2D eigenvalue weighted by Crippen LogP contribution is 2.36. The number of anilines is 3. The fourth-order valence-electron chi connectivity index (χ4n) is 2.77. The molecule has 1 aliphatic heterocycles. The number of aromatic nitrogens is 2. The normalized spacial score (nSPS) is 13.8. The lowest BCUT2D eigenvalue weighted by Gasteiger charge is -2.26. The number of nitrogens with one attached hydrogen (secondary N) is 1. The first kappa shape index (κ1) is 14.9. The quantitative estimate of drug-likeness (QED) is 0.774. The number of hydrogen-bond acceptors (Lipinski definition) is 6. The topological polar surface area (TPSA) is 67.4 Å². The van der Waals surface area contributed by atoms with Gasteiger partial charge in [-0.15, -0.1) is 11.3 Å². The van der Waals surface area contributed by atoms with Crippen molar-refractivity contribution in [3.05, 3.63) is 35.0 Å². The van der Waals surface area contributed by atoms with Crippen LogP contribution in [0.5, 0.6) is 5.75 Å². The molecule has 1 aromatic carbocycles. The second-order valence-electron chi connectivity index (χ2n) is 5.77. The second kappa shape index (κ2) is 5.45. The van der Waals surface area contributed by atoms with E-state index in [1.54, 1.807) is 23.3 Å². The number of ether oxygens (including phenoxy) is 1. The average molecular weight is 340 g/mol. The molecule has 0 atom stereocenters. The Morgan fingerprint density at radius 2 is 2.12 bits per heavy atom. The molecule has 24 heavy (non-hydrogen) atoms. The largest absolute Gasteiger partial charge is 0.482 e. The van der Waals surface area contributed by atoms with Gasteiger partial charge in [-0.25, -0.2) is 9.97 Å². The minimum atomic E-state index is -0.0615. The monoisotopic (exact) mass is 340 g/mol. The lowest BCUT2D eigenvalue weighted by molar-refractivity contribution is -0.120. The Morgan fingerprint density at radius 1 is 1.29 bits per heavy atom. The molecule has 1 aliphatic rings. The zero-order chi connectivity index (χ0) is 16.8. The first-order valence-electron chi connectivity index (χ1n) is 7.56. The van der Waals surface area contributed by atoms with Gasteiger partial charge in [0.2, 0.25) is 0 Å². The number of carbonyl (C=O) groups is 1. The number of hydrogen-bond donors (Lipinski definition) is 1. The number of fused-ring (bicyclic) bond motifs is 2. The van der Waals surface area contributed by atoms with Crippen molar-refractivity contribution >= 4 is 44.7 Å². The molecule has 6 nitrogen and oxygen atoms in total. The lowest BCUT2D eigenvalue weighted by Crippen LogP contribution is -2.35. The van der Waals surface area contributed by atoms with Gasteiger partial charge in [0.25, 0.3) is 5.91 Å². The predicted octanol–water partition coefficient (Wildman–Crippen LogP) is 3.41. The van der Waals surface area contributed by atoms with E-state index in [-0.39, 0.29) is 12.5 Å². The van der Waals surface area contributed by atoms with Gasteiger partial charge in [0.15, 0.2) is 6.61 Å². The number of amides is 1. The first-order valence-corrected chi connectivity index (χ1v) is 8.44. The molecule has 0 radical (unpaired) electrons. The molecule has 0 bridgehead atoms. The number of thiophene rings is 1. The van der Waals surface area contributed by atoms with Crippen LogP contribution in [-0.4, -0.2) is 29.5 Å². The summed E-state index contributed by atoms with van der Waals surface area (Å²) in [5, 5.41) is 6.47. The van der Waals surface area contributed by atoms with Crippen LogP contribution in [0.2, 0.25) is 0 Å². The Balaban J connectivity index is 1.77. The van der Waals surface area contributed by atoms with E-state index in [2.05, 4.69) is 27.6 Å². The lowest BCUT2D eigenvalue weighted by atomic mass is 10.2. The van der Waals surface area contributed by atoms with Crippen molar-refractivity contribution < 1.29 is 9.53 Å². The van der Waals surface area contributed by atoms with Crippen molar-refractivity contribution in [1.29, 1.82) is 0 Å². The summed E-state index contributed by atoms with van der Waals surface area (Å²) in [5.74, 6) is 2.15. The highest BCUT2D eigenvalue weighted by atomic mass is 32.1. The van der Waals surface area contributed by atoms with Crippen molar-refractivity contribution in [2.75, 3.05) is 23.9 Å². The number of nitrogens with zero attached hydrogens (tertiary/aromatic N) is 3. The number of rotatable bonds is 2. The van der Waals surface area contributed by atoms with E-state index >= 15 is 0 Å². The number of likely N-dealkylation sites (N-methyl/N-ethyl adjacent to an activating group) is 1. The van der Waals surface area contributed by atoms with Crippen LogP contribution < -0.4 is 15.0 Å². The molecule has 1 amide bonds. The van der Waals surface area contributed by atoms with Crippen LogP contribution >= 0.6 is 11.3 Å². The average Bonchev–Trinajstić information content (AvgIpc) is 2.92. The SMILES string of the molecule is Cc1nc(Nc2ccc3c(c2)N(C)C(=O)CO3)c2c(C)csc2n1. The molecule has 2 aromatic heterocycles. The number of aryl methyl sites for hydroxylation is 2. The molecule has 0 saturated carbocycles. The minimum Gasteiger partial charge on any atom is -0.482 e. The summed E-state index contributed by atoms with van der Waals surface area (Å²) in [5.41, 5.74) is 2.75. The molecule has 7 heteroatoms. The van der Waals surface area contributed by atoms with Gasteiger partial charge in [0.1, 0.15) is 22.2 Å². The van der Waals surface area contributed by atoms with E-state index in [4.69, 9.17) is 4.74 Å². The van der Waals surface area contributed by atoms with Gasteiger partial charge in [-0.2, -0.15) is 0 Å². The Morgan fingerprint density at radius 3 is 2.96 bits per heavy atom. The first-order chi connectivity index (χ1) is 11.5. The van der Waals surface area contributed by atoms with Gasteiger partial charge in [0.05, 0.1) is 11.1 Å². The maximum Gasteiger partial charge on any atom is 0.264 e. The molecule has 0 aliphatic carbocycles. The Kier molecular flexibility index (Phi) is 3.38. The molecular weight excluding hydrogens is 324 g/mol. The summed E-state index contributed by atoms with van der Waals surface area (Å²) in [6, 6.07) is 5.69. The molecule has 122 valence electrons. The zero-order valence-electron chi connectivity index (χ0n) is 13.6. The molecule has 1 N–H and O–H groups in total. The minimum absolute atomic E-state index is 0.0615. The summed E-state index contributed by atoms with van der Waals surface area (Å²) in [7, 11) is 1.75. The van der Waals surface area contributed by atoms with Crippen LogP contribution in [0.4, 0.5) is 17.2 Å². The van der Waals surface area contributed by atoms with Gasteiger partial charge in [-0.1, -0.05) is 0 Å². The van der Waals surface area contributed by atoms with Crippen LogP contribution in [-0.2, 0) is 4.79 Å². The molecule has 3 heterocycles. The maximum atomic E-state index is 11.8. The summed E-state index contributed by atoms with van der Waals surface area (Å²) < 4.78 is 5.46. The van der Waals surface area contributed by atoms with Crippen LogP contribution in [0.1, 0.15) is 11.4 Å². The number of carbonyl (C=O) groups excluding carboxylic acids is 1. The molecule has 0 fully saturated rings. The van der Waals surface area contributed by atoms with Crippen LogP contribution in [0.15, 0.2) is 23.6 Å². The van der Waals surface area contributed by atoms with Crippen molar-refractivity contribution in [3.8, 4) is 5.75 Å². The fraction of sp³-hybridized carbons (Fsp3) is 0.235. The smallest absolute Gasteiger partial charge is 0.264 e. The predicted molar refractivity (Wildman–Crippen MR) is 95.5 cm³/mol. The molecule has 0 saturated heterocycles. The van der Waals surface area contributed by atoms with E-state index in [0.717, 1.165) is 38.8 Å². The molecule has 3 aromatic rings. The van der Waals surface area contributed by atoms with Crippen molar-refractivity contribution in [3.63, 3.8) is 0 Å². The molecule has 0 unspecified atom stereocenters. The second-order valence-corrected chi connectivity index (χ2v) is 6.63. The van der Waals surface area contributed by atoms with E-state index in [1.807, 2.05) is 25.1 Å². The zero-order valence-corrected chi connectivity index (χ0v) is 14.4. The molecule has 0 spiro atoms. The molecular formula is C17H16N4O2S. The standard InChI is InChI=1S/C17H16N4O2S/c1-9-8-24-17-15(9)16(18-10(2)19-17)20-11-4-5-13-12(6-11)21(3)14(22)7-23-13/h4-6,8H,7H2,1-3H3,(H,18,19,20). The van der Waals surface area contributed by atoms with Gasteiger partial charge in [-0.05, 0) is 43.0 Å². The summed E-state index contributed by atoms with van der Waals surface area (Å²) in [6.07, 6.45) is 0.